The van der Waals surface area contributed by atoms with Crippen LogP contribution in [0.4, 0.5) is 0 Å². The molecule has 0 unspecified atom stereocenters. The molecule has 0 fully saturated rings. The summed E-state index contributed by atoms with van der Waals surface area (Å²) in [5, 5.41) is 8.72. The van der Waals surface area contributed by atoms with Crippen LogP contribution >= 0.6 is 0 Å². The second-order valence-corrected chi connectivity index (χ2v) is 7.39. The topological polar surface area (TPSA) is 44.2 Å². The zero-order valence-electron chi connectivity index (χ0n) is 17.5. The molecule has 0 N–H and O–H groups in total. The second-order valence-electron chi connectivity index (χ2n) is 7.39. The third-order valence-electron chi connectivity index (χ3n) is 4.97. The van der Waals surface area contributed by atoms with Gasteiger partial charge in [-0.15, -0.1) is 5.10 Å². The van der Waals surface area contributed by atoms with Gasteiger partial charge in [-0.25, -0.2) is 0 Å². The zero-order valence-corrected chi connectivity index (χ0v) is 17.5. The highest BCUT2D eigenvalue weighted by molar-refractivity contribution is 5.34. The number of nitrogens with zero attached hydrogens (tertiary/aromatic N) is 2. The Morgan fingerprint density at radius 1 is 0.548 bits per heavy atom. The maximum Gasteiger partial charge on any atom is 0.276 e. The van der Waals surface area contributed by atoms with Gasteiger partial charge in [0.15, 0.2) is 5.75 Å². The van der Waals surface area contributed by atoms with Crippen molar-refractivity contribution >= 4 is 0 Å². The standard InChI is InChI=1S/C27H26N2O2/c1-4-11-22(12-5-1)17-10-18-25-19-26(30-20-23-13-6-2-7-14-23)27(29-28-25)31-21-24-15-8-3-9-16-24/h1-9,11-16,19H,10,17-18,20-21H2. The Bertz CT molecular complexity index is 1050. The molecule has 1 aromatic heterocycles. The lowest BCUT2D eigenvalue weighted by atomic mass is 10.1. The molecule has 0 atom stereocenters. The average molecular weight is 411 g/mol. The lowest BCUT2D eigenvalue weighted by Crippen LogP contribution is -2.05. The highest BCUT2D eigenvalue weighted by Gasteiger charge is 2.11. The fourth-order valence-electron chi connectivity index (χ4n) is 3.31. The van der Waals surface area contributed by atoms with E-state index in [1.54, 1.807) is 0 Å². The van der Waals surface area contributed by atoms with Gasteiger partial charge in [-0.05, 0) is 36.0 Å². The van der Waals surface area contributed by atoms with Gasteiger partial charge in [0.25, 0.3) is 5.88 Å². The predicted molar refractivity (Wildman–Crippen MR) is 122 cm³/mol. The number of aryl methyl sites for hydroxylation is 2. The SMILES string of the molecule is c1ccc(CCCc2cc(OCc3ccccc3)c(OCc3ccccc3)nn2)cc1. The quantitative estimate of drug-likeness (QED) is 0.331. The Labute approximate surface area is 183 Å². The van der Waals surface area contributed by atoms with E-state index in [0.29, 0.717) is 24.8 Å². The summed E-state index contributed by atoms with van der Waals surface area (Å²) in [5.74, 6) is 1.05. The molecule has 31 heavy (non-hydrogen) atoms. The summed E-state index contributed by atoms with van der Waals surface area (Å²) in [7, 11) is 0. The minimum absolute atomic E-state index is 0.421. The minimum atomic E-state index is 0.421. The van der Waals surface area contributed by atoms with E-state index in [-0.39, 0.29) is 0 Å². The van der Waals surface area contributed by atoms with Crippen LogP contribution in [0.25, 0.3) is 0 Å². The smallest absolute Gasteiger partial charge is 0.276 e. The number of hydrogen-bond donors (Lipinski definition) is 0. The van der Waals surface area contributed by atoms with Crippen LogP contribution in [0.1, 0.15) is 28.8 Å². The van der Waals surface area contributed by atoms with Gasteiger partial charge in [-0.1, -0.05) is 91.0 Å². The zero-order chi connectivity index (χ0) is 21.1. The summed E-state index contributed by atoms with van der Waals surface area (Å²) in [6.07, 6.45) is 2.85. The van der Waals surface area contributed by atoms with E-state index in [1.165, 1.54) is 5.56 Å². The van der Waals surface area contributed by atoms with Gasteiger partial charge >= 0.3 is 0 Å². The molecule has 1 heterocycles. The summed E-state index contributed by atoms with van der Waals surface area (Å²) < 4.78 is 12.0. The lowest BCUT2D eigenvalue weighted by molar-refractivity contribution is 0.243. The monoisotopic (exact) mass is 410 g/mol. The van der Waals surface area contributed by atoms with Gasteiger partial charge in [0, 0.05) is 6.07 Å². The first-order chi connectivity index (χ1) is 15.4. The molecule has 0 bridgehead atoms. The van der Waals surface area contributed by atoms with Crippen LogP contribution in [-0.2, 0) is 26.1 Å². The largest absolute Gasteiger partial charge is 0.483 e. The van der Waals surface area contributed by atoms with Gasteiger partial charge in [-0.2, -0.15) is 5.10 Å². The van der Waals surface area contributed by atoms with Crippen LogP contribution in [0, 0.1) is 0 Å². The summed E-state index contributed by atoms with van der Waals surface area (Å²) in [5.41, 5.74) is 4.41. The van der Waals surface area contributed by atoms with Gasteiger partial charge in [0.2, 0.25) is 0 Å². The van der Waals surface area contributed by atoms with E-state index in [4.69, 9.17) is 9.47 Å². The van der Waals surface area contributed by atoms with Gasteiger partial charge in [0.1, 0.15) is 13.2 Å². The minimum Gasteiger partial charge on any atom is -0.483 e. The molecule has 156 valence electrons. The van der Waals surface area contributed by atoms with Crippen molar-refractivity contribution in [2.75, 3.05) is 0 Å². The average Bonchev–Trinajstić information content (AvgIpc) is 2.84. The second kappa shape index (κ2) is 10.9. The normalized spacial score (nSPS) is 10.6. The van der Waals surface area contributed by atoms with E-state index < -0.39 is 0 Å². The molecule has 4 aromatic rings. The molecule has 0 saturated heterocycles. The van der Waals surface area contributed by atoms with Crippen LogP contribution < -0.4 is 9.47 Å². The third kappa shape index (κ3) is 6.41. The van der Waals surface area contributed by atoms with Crippen LogP contribution in [0.5, 0.6) is 11.6 Å². The molecule has 3 aromatic carbocycles. The number of ether oxygens (including phenoxy) is 2. The third-order valence-corrected chi connectivity index (χ3v) is 4.97. The Hall–Kier alpha value is -3.66. The highest BCUT2D eigenvalue weighted by Crippen LogP contribution is 2.27. The van der Waals surface area contributed by atoms with Crippen molar-refractivity contribution in [2.45, 2.75) is 32.5 Å². The molecule has 0 amide bonds. The van der Waals surface area contributed by atoms with Crippen molar-refractivity contribution in [3.8, 4) is 11.6 Å². The molecule has 0 aliphatic heterocycles. The maximum absolute atomic E-state index is 6.09. The molecule has 0 saturated carbocycles. The fraction of sp³-hybridized carbons (Fsp3) is 0.185. The number of hydrogen-bond acceptors (Lipinski definition) is 4. The molecular weight excluding hydrogens is 384 g/mol. The van der Waals surface area contributed by atoms with E-state index in [9.17, 15) is 0 Å². The summed E-state index contributed by atoms with van der Waals surface area (Å²) >= 11 is 0. The molecule has 0 aliphatic rings. The first-order valence-corrected chi connectivity index (χ1v) is 10.6. The van der Waals surface area contributed by atoms with Gasteiger partial charge in [0.05, 0.1) is 5.69 Å². The van der Waals surface area contributed by atoms with Crippen molar-refractivity contribution in [2.24, 2.45) is 0 Å². The maximum atomic E-state index is 6.09. The Kier molecular flexibility index (Phi) is 7.26. The summed E-state index contributed by atoms with van der Waals surface area (Å²) in [6, 6.07) is 32.6. The molecule has 4 heteroatoms. The Morgan fingerprint density at radius 2 is 1.10 bits per heavy atom. The number of benzene rings is 3. The summed E-state index contributed by atoms with van der Waals surface area (Å²) in [4.78, 5) is 0. The molecule has 4 rings (SSSR count). The molecule has 0 spiro atoms. The van der Waals surface area contributed by atoms with Crippen LogP contribution in [0.2, 0.25) is 0 Å². The lowest BCUT2D eigenvalue weighted by Gasteiger charge is -2.13. The Morgan fingerprint density at radius 3 is 1.71 bits per heavy atom. The van der Waals surface area contributed by atoms with Crippen molar-refractivity contribution in [1.82, 2.24) is 10.2 Å². The first kappa shape index (κ1) is 20.6. The highest BCUT2D eigenvalue weighted by atomic mass is 16.5. The number of rotatable bonds is 10. The summed E-state index contributed by atoms with van der Waals surface area (Å²) in [6.45, 7) is 0.877. The van der Waals surface area contributed by atoms with Crippen molar-refractivity contribution in [3.05, 3.63) is 119 Å². The van der Waals surface area contributed by atoms with E-state index in [0.717, 1.165) is 36.1 Å². The molecule has 4 nitrogen and oxygen atoms in total. The first-order valence-electron chi connectivity index (χ1n) is 10.6. The van der Waals surface area contributed by atoms with Crippen LogP contribution in [0.15, 0.2) is 97.1 Å². The Balaban J connectivity index is 1.43. The van der Waals surface area contributed by atoms with Crippen molar-refractivity contribution < 1.29 is 9.47 Å². The molecule has 0 aliphatic carbocycles. The van der Waals surface area contributed by atoms with Crippen molar-refractivity contribution in [1.29, 1.82) is 0 Å². The van der Waals surface area contributed by atoms with Gasteiger partial charge in [-0.3, -0.25) is 0 Å². The molecular formula is C27H26N2O2. The van der Waals surface area contributed by atoms with Crippen molar-refractivity contribution in [3.63, 3.8) is 0 Å². The predicted octanol–water partition coefficient (Wildman–Crippen LogP) is 5.81. The van der Waals surface area contributed by atoms with Crippen LogP contribution in [0.3, 0.4) is 0 Å². The number of aromatic nitrogens is 2. The molecule has 0 radical (unpaired) electrons. The fourth-order valence-corrected chi connectivity index (χ4v) is 3.31. The van der Waals surface area contributed by atoms with Crippen LogP contribution in [-0.4, -0.2) is 10.2 Å². The van der Waals surface area contributed by atoms with Gasteiger partial charge < -0.3 is 9.47 Å². The van der Waals surface area contributed by atoms with E-state index >= 15 is 0 Å². The van der Waals surface area contributed by atoms with E-state index in [1.807, 2.05) is 72.8 Å². The van der Waals surface area contributed by atoms with E-state index in [2.05, 4.69) is 34.5 Å².